The molecule has 6 nitrogen and oxygen atoms in total. The number of carbonyl (C=O) groups is 1. The molecule has 0 aliphatic carbocycles. The van der Waals surface area contributed by atoms with Crippen molar-refractivity contribution in [2.24, 2.45) is 5.41 Å². The van der Waals surface area contributed by atoms with Crippen LogP contribution in [0, 0.1) is 12.3 Å². The first-order valence-electron chi connectivity index (χ1n) is 10.1. The van der Waals surface area contributed by atoms with Crippen LogP contribution in [0.5, 0.6) is 0 Å². The monoisotopic (exact) mass is 533 g/mol. The molecule has 1 aromatic heterocycles. The standard InChI is InChI=1S/C23H24BrN3O3S2/c1-16-20(31-11-17-5-3-2-4-6-17)32-21(25-16)26-22(29)27(12-23(13-28)14-30-15-23)19-9-7-18(24)8-10-19/h2-10,28H,11-15H2,1H3,(H,25,26,29). The van der Waals surface area contributed by atoms with Gasteiger partial charge in [0.1, 0.15) is 0 Å². The van der Waals surface area contributed by atoms with E-state index in [2.05, 4.69) is 38.4 Å². The molecule has 2 aromatic carbocycles. The fraction of sp³-hybridized carbons (Fsp3) is 0.304. The van der Waals surface area contributed by atoms with Crippen LogP contribution in [0.25, 0.3) is 0 Å². The highest BCUT2D eigenvalue weighted by Gasteiger charge is 2.41. The topological polar surface area (TPSA) is 74.7 Å². The molecule has 0 spiro atoms. The molecule has 0 saturated carbocycles. The summed E-state index contributed by atoms with van der Waals surface area (Å²) in [6, 6.07) is 17.5. The molecule has 0 radical (unpaired) electrons. The molecule has 0 atom stereocenters. The number of ether oxygens (including phenoxy) is 1. The second-order valence-corrected chi connectivity index (χ2v) is 11.0. The zero-order valence-electron chi connectivity index (χ0n) is 17.6. The minimum Gasteiger partial charge on any atom is -0.396 e. The van der Waals surface area contributed by atoms with Crippen LogP contribution in [-0.2, 0) is 10.5 Å². The number of rotatable bonds is 8. The third-order valence-electron chi connectivity index (χ3n) is 5.21. The summed E-state index contributed by atoms with van der Waals surface area (Å²) in [5.74, 6) is 0.849. The summed E-state index contributed by atoms with van der Waals surface area (Å²) in [6.45, 7) is 3.14. The lowest BCUT2D eigenvalue weighted by atomic mass is 9.86. The van der Waals surface area contributed by atoms with Gasteiger partial charge in [0.25, 0.3) is 0 Å². The van der Waals surface area contributed by atoms with Gasteiger partial charge >= 0.3 is 6.03 Å². The Morgan fingerprint density at radius 1 is 1.25 bits per heavy atom. The number of aromatic nitrogens is 1. The molecule has 2 amide bonds. The molecular formula is C23H24BrN3O3S2. The normalized spacial score (nSPS) is 14.6. The molecule has 2 heterocycles. The fourth-order valence-electron chi connectivity index (χ4n) is 3.31. The van der Waals surface area contributed by atoms with Gasteiger partial charge in [0, 0.05) is 22.5 Å². The van der Waals surface area contributed by atoms with Crippen molar-refractivity contribution in [1.82, 2.24) is 4.98 Å². The first-order chi connectivity index (χ1) is 15.5. The molecule has 1 aliphatic heterocycles. The van der Waals surface area contributed by atoms with E-state index < -0.39 is 5.41 Å². The number of amides is 2. The lowest BCUT2D eigenvalue weighted by Gasteiger charge is -2.43. The van der Waals surface area contributed by atoms with Gasteiger partial charge in [-0.15, -0.1) is 11.8 Å². The predicted molar refractivity (Wildman–Crippen MR) is 134 cm³/mol. The number of aliphatic hydroxyl groups excluding tert-OH is 1. The second-order valence-electron chi connectivity index (χ2n) is 7.81. The third kappa shape index (κ3) is 5.52. The third-order valence-corrected chi connectivity index (χ3v) is 8.24. The highest BCUT2D eigenvalue weighted by molar-refractivity contribution is 9.10. The second kappa shape index (κ2) is 10.4. The van der Waals surface area contributed by atoms with E-state index >= 15 is 0 Å². The van der Waals surface area contributed by atoms with Gasteiger partial charge < -0.3 is 9.84 Å². The van der Waals surface area contributed by atoms with Crippen LogP contribution in [0.2, 0.25) is 0 Å². The van der Waals surface area contributed by atoms with Crippen molar-refractivity contribution < 1.29 is 14.6 Å². The summed E-state index contributed by atoms with van der Waals surface area (Å²) in [5, 5.41) is 13.4. The van der Waals surface area contributed by atoms with Crippen molar-refractivity contribution in [3.8, 4) is 0 Å². The summed E-state index contributed by atoms with van der Waals surface area (Å²) in [5.41, 5.74) is 2.45. The number of aliphatic hydroxyl groups is 1. The number of benzene rings is 2. The summed E-state index contributed by atoms with van der Waals surface area (Å²) in [4.78, 5) is 19.5. The van der Waals surface area contributed by atoms with Gasteiger partial charge in [0.2, 0.25) is 0 Å². The Kier molecular flexibility index (Phi) is 7.52. The number of thiazole rings is 1. The van der Waals surface area contributed by atoms with Crippen molar-refractivity contribution >= 4 is 55.9 Å². The maximum absolute atomic E-state index is 13.3. The number of nitrogens with zero attached hydrogens (tertiary/aromatic N) is 2. The molecule has 168 valence electrons. The molecule has 4 rings (SSSR count). The number of carbonyl (C=O) groups excluding carboxylic acids is 1. The highest BCUT2D eigenvalue weighted by atomic mass is 79.9. The SMILES string of the molecule is Cc1nc(NC(=O)N(CC2(CO)COC2)c2ccc(Br)cc2)sc1SCc1ccccc1. The van der Waals surface area contributed by atoms with Gasteiger partial charge in [0.05, 0.1) is 35.1 Å². The maximum atomic E-state index is 13.3. The maximum Gasteiger partial charge on any atom is 0.328 e. The molecular weight excluding hydrogens is 510 g/mol. The van der Waals surface area contributed by atoms with Crippen LogP contribution in [0.1, 0.15) is 11.3 Å². The van der Waals surface area contributed by atoms with Crippen LogP contribution < -0.4 is 10.2 Å². The molecule has 3 aromatic rings. The van der Waals surface area contributed by atoms with Crippen molar-refractivity contribution in [2.45, 2.75) is 16.9 Å². The minimum absolute atomic E-state index is 0.0378. The predicted octanol–water partition coefficient (Wildman–Crippen LogP) is 5.55. The van der Waals surface area contributed by atoms with Gasteiger partial charge in [0.15, 0.2) is 5.13 Å². The average molecular weight is 535 g/mol. The van der Waals surface area contributed by atoms with E-state index in [0.717, 1.165) is 25.8 Å². The van der Waals surface area contributed by atoms with Gasteiger partial charge in [-0.2, -0.15) is 0 Å². The Balaban J connectivity index is 1.48. The Bertz CT molecular complexity index is 1050. The van der Waals surface area contributed by atoms with Crippen LogP contribution >= 0.6 is 39.0 Å². The van der Waals surface area contributed by atoms with E-state index in [1.54, 1.807) is 16.7 Å². The number of aryl methyl sites for hydroxylation is 1. The molecule has 32 heavy (non-hydrogen) atoms. The molecule has 0 unspecified atom stereocenters. The summed E-state index contributed by atoms with van der Waals surface area (Å²) in [6.07, 6.45) is 0. The molecule has 1 aliphatic rings. The van der Waals surface area contributed by atoms with E-state index in [4.69, 9.17) is 4.74 Å². The first-order valence-corrected chi connectivity index (χ1v) is 12.7. The number of hydrogen-bond acceptors (Lipinski definition) is 6. The summed E-state index contributed by atoms with van der Waals surface area (Å²) >= 11 is 6.63. The Morgan fingerprint density at radius 2 is 1.97 bits per heavy atom. The number of hydrogen-bond donors (Lipinski definition) is 2. The van der Waals surface area contributed by atoms with Gasteiger partial charge in [-0.05, 0) is 36.8 Å². The zero-order chi connectivity index (χ0) is 22.6. The Labute approximate surface area is 204 Å². The van der Waals surface area contributed by atoms with E-state index in [-0.39, 0.29) is 12.6 Å². The highest BCUT2D eigenvalue weighted by Crippen LogP contribution is 2.35. The number of thioether (sulfide) groups is 1. The fourth-order valence-corrected chi connectivity index (χ4v) is 5.66. The largest absolute Gasteiger partial charge is 0.396 e. The number of urea groups is 1. The quantitative estimate of drug-likeness (QED) is 0.371. The lowest BCUT2D eigenvalue weighted by Crippen LogP contribution is -2.55. The van der Waals surface area contributed by atoms with Crippen LogP contribution in [0.3, 0.4) is 0 Å². The minimum atomic E-state index is -0.445. The van der Waals surface area contributed by atoms with E-state index in [9.17, 15) is 9.90 Å². The van der Waals surface area contributed by atoms with Crippen molar-refractivity contribution in [2.75, 3.05) is 36.6 Å². The number of anilines is 2. The van der Waals surface area contributed by atoms with E-state index in [1.807, 2.05) is 49.4 Å². The Hall–Kier alpha value is -1.91. The lowest BCUT2D eigenvalue weighted by molar-refractivity contribution is -0.130. The zero-order valence-corrected chi connectivity index (χ0v) is 20.8. The van der Waals surface area contributed by atoms with Crippen LogP contribution in [0.15, 0.2) is 63.3 Å². The van der Waals surface area contributed by atoms with Gasteiger partial charge in [-0.3, -0.25) is 10.2 Å². The van der Waals surface area contributed by atoms with Crippen molar-refractivity contribution in [1.29, 1.82) is 0 Å². The Morgan fingerprint density at radius 3 is 2.59 bits per heavy atom. The average Bonchev–Trinajstić information content (AvgIpc) is 3.12. The number of nitrogens with one attached hydrogen (secondary N) is 1. The molecule has 0 bridgehead atoms. The van der Waals surface area contributed by atoms with E-state index in [1.165, 1.54) is 16.9 Å². The summed E-state index contributed by atoms with van der Waals surface area (Å²) < 4.78 is 7.34. The van der Waals surface area contributed by atoms with Crippen molar-refractivity contribution in [3.05, 3.63) is 70.3 Å². The van der Waals surface area contributed by atoms with Gasteiger partial charge in [-0.25, -0.2) is 9.78 Å². The molecule has 9 heteroatoms. The molecule has 1 saturated heterocycles. The number of halogens is 1. The molecule has 2 N–H and O–H groups in total. The van der Waals surface area contributed by atoms with Crippen molar-refractivity contribution in [3.63, 3.8) is 0 Å². The van der Waals surface area contributed by atoms with Gasteiger partial charge in [-0.1, -0.05) is 57.6 Å². The van der Waals surface area contributed by atoms with Crippen LogP contribution in [-0.4, -0.2) is 42.5 Å². The van der Waals surface area contributed by atoms with Crippen LogP contribution in [0.4, 0.5) is 15.6 Å². The van der Waals surface area contributed by atoms with E-state index in [0.29, 0.717) is 24.9 Å². The first kappa shape index (κ1) is 23.3. The molecule has 1 fully saturated rings. The summed E-state index contributed by atoms with van der Waals surface area (Å²) in [7, 11) is 0. The smallest absolute Gasteiger partial charge is 0.328 e.